The molecular weight excluding hydrogens is 403 g/mol. The maximum atomic E-state index is 13.9. The van der Waals surface area contributed by atoms with Gasteiger partial charge in [0.05, 0.1) is 27.5 Å². The van der Waals surface area contributed by atoms with Gasteiger partial charge in [0, 0.05) is 30.0 Å². The summed E-state index contributed by atoms with van der Waals surface area (Å²) in [7, 11) is 0. The van der Waals surface area contributed by atoms with E-state index in [1.807, 2.05) is 24.4 Å². The van der Waals surface area contributed by atoms with Gasteiger partial charge in [0.1, 0.15) is 17.3 Å². The molecule has 1 amide bonds. The molecule has 0 aliphatic carbocycles. The molecule has 0 saturated carbocycles. The Kier molecular flexibility index (Phi) is 4.56. The van der Waals surface area contributed by atoms with Crippen molar-refractivity contribution in [3.63, 3.8) is 0 Å². The molecule has 0 unspecified atom stereocenters. The number of hydrogen-bond donors (Lipinski definition) is 3. The number of halogens is 1. The Hall–Kier alpha value is -3.85. The van der Waals surface area contributed by atoms with Crippen LogP contribution in [0, 0.1) is 5.82 Å². The number of H-pyrrole nitrogens is 1. The number of amides is 1. The highest BCUT2D eigenvalue weighted by Crippen LogP contribution is 2.23. The van der Waals surface area contributed by atoms with Crippen LogP contribution in [0.2, 0.25) is 0 Å². The quantitative estimate of drug-likeness (QED) is 0.389. The zero-order valence-electron chi connectivity index (χ0n) is 15.5. The highest BCUT2D eigenvalue weighted by Gasteiger charge is 2.15. The number of pyridine rings is 2. The van der Waals surface area contributed by atoms with E-state index in [1.54, 1.807) is 23.8 Å². The number of aromatic amines is 1. The van der Waals surface area contributed by atoms with Gasteiger partial charge < -0.3 is 15.6 Å². The smallest absolute Gasteiger partial charge is 0.259 e. The molecule has 1 aromatic carbocycles. The third-order valence-electron chi connectivity index (χ3n) is 4.68. The first-order valence-electron chi connectivity index (χ1n) is 9.12. The zero-order valence-corrected chi connectivity index (χ0v) is 16.3. The van der Waals surface area contributed by atoms with E-state index in [9.17, 15) is 9.18 Å². The lowest BCUT2D eigenvalue weighted by atomic mass is 10.1. The summed E-state index contributed by atoms with van der Waals surface area (Å²) in [5.41, 5.74) is 4.99. The number of thiazole rings is 1. The summed E-state index contributed by atoms with van der Waals surface area (Å²) in [5.74, 6) is -0.748. The third-order valence-corrected chi connectivity index (χ3v) is 5.49. The van der Waals surface area contributed by atoms with Gasteiger partial charge in [-0.3, -0.25) is 4.79 Å². The summed E-state index contributed by atoms with van der Waals surface area (Å²) < 4.78 is 14.9. The first-order valence-corrected chi connectivity index (χ1v) is 10.0. The molecule has 148 valence electrons. The number of carbonyl (C=O) groups is 1. The second-order valence-electron chi connectivity index (χ2n) is 6.60. The van der Waals surface area contributed by atoms with Gasteiger partial charge in [-0.15, -0.1) is 11.3 Å². The van der Waals surface area contributed by atoms with E-state index in [1.165, 1.54) is 17.4 Å². The summed E-state index contributed by atoms with van der Waals surface area (Å²) in [6, 6.07) is 10.4. The van der Waals surface area contributed by atoms with Gasteiger partial charge in [0.25, 0.3) is 5.91 Å². The van der Waals surface area contributed by atoms with Crippen LogP contribution in [0.4, 0.5) is 15.9 Å². The van der Waals surface area contributed by atoms with Gasteiger partial charge in [0.15, 0.2) is 0 Å². The van der Waals surface area contributed by atoms with Crippen LogP contribution < -0.4 is 10.6 Å². The molecule has 0 atom stereocenters. The Labute approximate surface area is 174 Å². The average Bonchev–Trinajstić information content (AvgIpc) is 3.42. The van der Waals surface area contributed by atoms with Crippen LogP contribution in [0.25, 0.3) is 21.3 Å². The second-order valence-corrected chi connectivity index (χ2v) is 7.49. The number of hydrogen-bond acceptors (Lipinski definition) is 6. The third kappa shape index (κ3) is 3.46. The minimum atomic E-state index is -0.586. The normalized spacial score (nSPS) is 11.1. The predicted molar refractivity (Wildman–Crippen MR) is 115 cm³/mol. The monoisotopic (exact) mass is 418 g/mol. The number of rotatable bonds is 5. The van der Waals surface area contributed by atoms with Crippen LogP contribution in [0.1, 0.15) is 15.9 Å². The lowest BCUT2D eigenvalue weighted by Gasteiger charge is -2.12. The van der Waals surface area contributed by atoms with Crippen molar-refractivity contribution in [3.05, 3.63) is 77.4 Å². The van der Waals surface area contributed by atoms with Crippen molar-refractivity contribution in [3.8, 4) is 0 Å². The van der Waals surface area contributed by atoms with Crippen molar-refractivity contribution in [2.75, 3.05) is 10.6 Å². The molecule has 0 radical (unpaired) electrons. The topological polar surface area (TPSA) is 95.6 Å². The van der Waals surface area contributed by atoms with Gasteiger partial charge in [-0.1, -0.05) is 0 Å². The maximum Gasteiger partial charge on any atom is 0.259 e. The molecule has 3 N–H and O–H groups in total. The van der Waals surface area contributed by atoms with E-state index >= 15 is 0 Å². The summed E-state index contributed by atoms with van der Waals surface area (Å²) >= 11 is 1.52. The van der Waals surface area contributed by atoms with Gasteiger partial charge in [-0.2, -0.15) is 0 Å². The predicted octanol–water partition coefficient (Wildman–Crippen LogP) is 4.57. The first kappa shape index (κ1) is 18.2. The number of carbonyl (C=O) groups excluding carboxylic acids is 1. The van der Waals surface area contributed by atoms with E-state index in [2.05, 4.69) is 30.6 Å². The van der Waals surface area contributed by atoms with Crippen molar-refractivity contribution >= 4 is 50.0 Å². The lowest BCUT2D eigenvalue weighted by molar-refractivity contribution is 0.102. The van der Waals surface area contributed by atoms with Gasteiger partial charge in [-0.25, -0.2) is 19.3 Å². The molecule has 4 aromatic heterocycles. The molecule has 0 fully saturated rings. The molecule has 4 heterocycles. The van der Waals surface area contributed by atoms with Crippen molar-refractivity contribution < 1.29 is 9.18 Å². The van der Waals surface area contributed by atoms with Gasteiger partial charge >= 0.3 is 0 Å². The first-order chi connectivity index (χ1) is 14.7. The number of nitrogens with one attached hydrogen (secondary N) is 3. The summed E-state index contributed by atoms with van der Waals surface area (Å²) in [4.78, 5) is 28.5. The summed E-state index contributed by atoms with van der Waals surface area (Å²) in [5, 5.41) is 6.90. The Morgan fingerprint density at radius 1 is 1.13 bits per heavy atom. The highest BCUT2D eigenvalue weighted by molar-refractivity contribution is 7.16. The molecular formula is C21H15FN6OS. The number of benzene rings is 1. The number of aromatic nitrogens is 4. The number of fused-ring (bicyclic) bond motifs is 2. The Balaban J connectivity index is 1.40. The van der Waals surface area contributed by atoms with E-state index in [0.717, 1.165) is 33.0 Å². The summed E-state index contributed by atoms with van der Waals surface area (Å²) in [6.07, 6.45) is 4.60. The van der Waals surface area contributed by atoms with Crippen LogP contribution in [0.15, 0.2) is 60.5 Å². The molecule has 0 saturated heterocycles. The molecule has 30 heavy (non-hydrogen) atoms. The van der Waals surface area contributed by atoms with Crippen molar-refractivity contribution in [2.45, 2.75) is 6.54 Å². The maximum absolute atomic E-state index is 13.9. The van der Waals surface area contributed by atoms with Gasteiger partial charge in [-0.05, 0) is 42.0 Å². The largest absolute Gasteiger partial charge is 0.365 e. The fourth-order valence-electron chi connectivity index (χ4n) is 3.24. The minimum absolute atomic E-state index is 0.118. The molecule has 5 rings (SSSR count). The second kappa shape index (κ2) is 7.53. The molecule has 0 aliphatic rings. The van der Waals surface area contributed by atoms with E-state index in [-0.39, 0.29) is 5.56 Å². The van der Waals surface area contributed by atoms with E-state index < -0.39 is 11.7 Å². The lowest BCUT2D eigenvalue weighted by Crippen LogP contribution is -2.16. The Morgan fingerprint density at radius 2 is 2.07 bits per heavy atom. The fraction of sp³-hybridized carbons (Fsp3) is 0.0476. The number of anilines is 2. The van der Waals surface area contributed by atoms with E-state index in [0.29, 0.717) is 18.1 Å². The van der Waals surface area contributed by atoms with E-state index in [4.69, 9.17) is 0 Å². The van der Waals surface area contributed by atoms with Crippen LogP contribution in [0.3, 0.4) is 0 Å². The van der Waals surface area contributed by atoms with Crippen molar-refractivity contribution in [1.82, 2.24) is 19.9 Å². The van der Waals surface area contributed by atoms with Gasteiger partial charge in [0.2, 0.25) is 0 Å². The van der Waals surface area contributed by atoms with Crippen molar-refractivity contribution in [1.29, 1.82) is 0 Å². The fourth-order valence-corrected chi connectivity index (χ4v) is 3.90. The Bertz CT molecular complexity index is 1380. The molecule has 0 bridgehead atoms. The standard InChI is InChI=1S/C21H15FN6OS/c22-13-7-16(21(29)28-14-1-2-18-17(8-14)27-11-30-18)20(26-10-13)25-9-12-3-5-23-19-15(12)4-6-24-19/h1-8,10-11H,9H2,(H,23,24)(H,25,26)(H,28,29). The van der Waals surface area contributed by atoms with Crippen LogP contribution in [0.5, 0.6) is 0 Å². The SMILES string of the molecule is O=C(Nc1ccc2scnc2c1)c1cc(F)cnc1NCc1ccnc2[nH]ccc12. The molecule has 0 spiro atoms. The Morgan fingerprint density at radius 3 is 3.00 bits per heavy atom. The molecule has 0 aliphatic heterocycles. The van der Waals surface area contributed by atoms with Crippen molar-refractivity contribution in [2.24, 2.45) is 0 Å². The zero-order chi connectivity index (χ0) is 20.5. The molecule has 9 heteroatoms. The highest BCUT2D eigenvalue weighted by atomic mass is 32.1. The average molecular weight is 418 g/mol. The molecule has 5 aromatic rings. The van der Waals surface area contributed by atoms with Crippen LogP contribution >= 0.6 is 11.3 Å². The van der Waals surface area contributed by atoms with Crippen LogP contribution in [-0.4, -0.2) is 25.8 Å². The minimum Gasteiger partial charge on any atom is -0.365 e. The molecule has 7 nitrogen and oxygen atoms in total. The van der Waals surface area contributed by atoms with Crippen LogP contribution in [-0.2, 0) is 6.54 Å². The number of nitrogens with zero attached hydrogens (tertiary/aromatic N) is 3. The summed E-state index contributed by atoms with van der Waals surface area (Å²) in [6.45, 7) is 0.403.